The average molecular weight is 265 g/mol. The van der Waals surface area contributed by atoms with E-state index in [-0.39, 0.29) is 18.4 Å². The summed E-state index contributed by atoms with van der Waals surface area (Å²) in [6.45, 7) is 3.41. The molecule has 1 saturated heterocycles. The maximum Gasteiger partial charge on any atom is 0.239 e. The number of hydrogen-bond acceptors (Lipinski definition) is 3. The Hall–Kier alpha value is -1.36. The maximum atomic E-state index is 11.9. The number of rotatable bonds is 4. The highest BCUT2D eigenvalue weighted by molar-refractivity contribution is 5.85. The molecular weight excluding hydrogens is 242 g/mol. The van der Waals surface area contributed by atoms with Gasteiger partial charge in [-0.2, -0.15) is 0 Å². The number of hydrogen-bond donors (Lipinski definition) is 2. The van der Waals surface area contributed by atoms with Crippen LogP contribution < -0.4 is 10.6 Å². The van der Waals surface area contributed by atoms with Gasteiger partial charge in [-0.15, -0.1) is 0 Å². The first kappa shape index (κ1) is 14.1. The van der Waals surface area contributed by atoms with Gasteiger partial charge in [-0.05, 0) is 25.8 Å². The first-order valence-electron chi connectivity index (χ1n) is 7.19. The molecule has 2 amide bonds. The van der Waals surface area contributed by atoms with Crippen LogP contribution in [0.1, 0.15) is 32.1 Å². The number of carbonyl (C=O) groups is 2. The Kier molecular flexibility index (Phi) is 5.39. The summed E-state index contributed by atoms with van der Waals surface area (Å²) >= 11 is 0. The monoisotopic (exact) mass is 265 g/mol. The van der Waals surface area contributed by atoms with E-state index < -0.39 is 0 Å². The second-order valence-corrected chi connectivity index (χ2v) is 5.22. The van der Waals surface area contributed by atoms with Gasteiger partial charge in [-0.3, -0.25) is 9.59 Å². The van der Waals surface area contributed by atoms with Gasteiger partial charge in [0.1, 0.15) is 0 Å². The molecule has 19 heavy (non-hydrogen) atoms. The van der Waals surface area contributed by atoms with Crippen molar-refractivity contribution in [3.63, 3.8) is 0 Å². The maximum absolute atomic E-state index is 11.9. The second-order valence-electron chi connectivity index (χ2n) is 5.22. The molecule has 0 spiro atoms. The van der Waals surface area contributed by atoms with Gasteiger partial charge >= 0.3 is 0 Å². The Morgan fingerprint density at radius 1 is 1.32 bits per heavy atom. The Morgan fingerprint density at radius 2 is 2.21 bits per heavy atom. The molecule has 5 nitrogen and oxygen atoms in total. The number of amides is 2. The van der Waals surface area contributed by atoms with E-state index in [1.807, 2.05) is 0 Å². The van der Waals surface area contributed by atoms with Crippen molar-refractivity contribution in [1.82, 2.24) is 15.5 Å². The molecule has 5 heteroatoms. The minimum atomic E-state index is -0.0466. The van der Waals surface area contributed by atoms with Crippen LogP contribution in [0.25, 0.3) is 0 Å². The topological polar surface area (TPSA) is 61.4 Å². The van der Waals surface area contributed by atoms with Crippen LogP contribution in [0.15, 0.2) is 11.6 Å². The molecule has 0 aromatic rings. The van der Waals surface area contributed by atoms with Crippen LogP contribution in [0.3, 0.4) is 0 Å². The van der Waals surface area contributed by atoms with Gasteiger partial charge in [0.05, 0.1) is 6.54 Å². The molecule has 0 saturated carbocycles. The van der Waals surface area contributed by atoms with Crippen LogP contribution in [-0.2, 0) is 9.59 Å². The van der Waals surface area contributed by atoms with Crippen LogP contribution in [0.5, 0.6) is 0 Å². The highest BCUT2D eigenvalue weighted by atomic mass is 16.2. The van der Waals surface area contributed by atoms with E-state index in [1.165, 1.54) is 5.57 Å². The fourth-order valence-corrected chi connectivity index (χ4v) is 2.48. The average Bonchev–Trinajstić information content (AvgIpc) is 2.63. The van der Waals surface area contributed by atoms with Crippen molar-refractivity contribution in [3.8, 4) is 0 Å². The van der Waals surface area contributed by atoms with Gasteiger partial charge in [-0.1, -0.05) is 18.1 Å². The summed E-state index contributed by atoms with van der Waals surface area (Å²) in [6, 6.07) is 0. The zero-order valence-corrected chi connectivity index (χ0v) is 11.4. The molecule has 106 valence electrons. The third kappa shape index (κ3) is 4.67. The van der Waals surface area contributed by atoms with Crippen molar-refractivity contribution in [3.05, 3.63) is 11.6 Å². The third-order valence-corrected chi connectivity index (χ3v) is 3.68. The Balaban J connectivity index is 1.73. The molecule has 0 bridgehead atoms. The zero-order chi connectivity index (χ0) is 13.5. The predicted octanol–water partition coefficient (Wildman–Crippen LogP) is 0.425. The zero-order valence-electron chi connectivity index (χ0n) is 11.4. The lowest BCUT2D eigenvalue weighted by molar-refractivity contribution is -0.135. The third-order valence-electron chi connectivity index (χ3n) is 3.68. The highest BCUT2D eigenvalue weighted by Crippen LogP contribution is 2.10. The van der Waals surface area contributed by atoms with E-state index in [2.05, 4.69) is 16.7 Å². The molecule has 2 aliphatic rings. The molecule has 2 N–H and O–H groups in total. The van der Waals surface area contributed by atoms with Gasteiger partial charge in [0, 0.05) is 26.1 Å². The molecule has 2 aliphatic heterocycles. The lowest BCUT2D eigenvalue weighted by Gasteiger charge is -2.20. The number of carbonyl (C=O) groups excluding carboxylic acids is 2. The molecule has 1 fully saturated rings. The largest absolute Gasteiger partial charge is 0.351 e. The van der Waals surface area contributed by atoms with E-state index in [1.54, 1.807) is 4.90 Å². The molecule has 0 unspecified atom stereocenters. The molecule has 0 aliphatic carbocycles. The van der Waals surface area contributed by atoms with Gasteiger partial charge in [0.25, 0.3) is 0 Å². The fraction of sp³-hybridized carbons (Fsp3) is 0.714. The molecule has 2 rings (SSSR count). The van der Waals surface area contributed by atoms with Crippen molar-refractivity contribution in [2.75, 3.05) is 32.7 Å². The first-order valence-corrected chi connectivity index (χ1v) is 7.19. The summed E-state index contributed by atoms with van der Waals surface area (Å²) in [7, 11) is 0. The Morgan fingerprint density at radius 3 is 3.00 bits per heavy atom. The minimum absolute atomic E-state index is 0.0466. The normalized spacial score (nSPS) is 20.7. The van der Waals surface area contributed by atoms with Crippen LogP contribution in [0, 0.1) is 0 Å². The van der Waals surface area contributed by atoms with Crippen LogP contribution in [0.4, 0.5) is 0 Å². The molecular formula is C14H23N3O2. The summed E-state index contributed by atoms with van der Waals surface area (Å²) in [6.07, 6.45) is 6.75. The molecule has 0 aromatic heterocycles. The van der Waals surface area contributed by atoms with Crippen molar-refractivity contribution in [2.45, 2.75) is 32.1 Å². The molecule has 0 aromatic carbocycles. The number of nitrogens with zero attached hydrogens (tertiary/aromatic N) is 1. The van der Waals surface area contributed by atoms with Crippen molar-refractivity contribution < 1.29 is 9.59 Å². The first-order chi connectivity index (χ1) is 9.25. The smallest absolute Gasteiger partial charge is 0.239 e. The SMILES string of the molecule is O=C(CN1CCCCCC1=O)NCC1=CCNCC1. The predicted molar refractivity (Wildman–Crippen MR) is 73.6 cm³/mol. The van der Waals surface area contributed by atoms with E-state index in [0.29, 0.717) is 13.0 Å². The Bertz CT molecular complexity index is 366. The van der Waals surface area contributed by atoms with Crippen molar-refractivity contribution in [2.24, 2.45) is 0 Å². The quantitative estimate of drug-likeness (QED) is 0.724. The summed E-state index contributed by atoms with van der Waals surface area (Å²) in [5, 5.41) is 6.15. The molecule has 0 atom stereocenters. The summed E-state index contributed by atoms with van der Waals surface area (Å²) in [5.41, 5.74) is 1.27. The Labute approximate surface area is 114 Å². The van der Waals surface area contributed by atoms with Gasteiger partial charge < -0.3 is 15.5 Å². The lowest BCUT2D eigenvalue weighted by Crippen LogP contribution is -2.41. The number of likely N-dealkylation sites (tertiary alicyclic amines) is 1. The standard InChI is InChI=1S/C14H23N3O2/c18-13(16-10-12-5-7-15-8-6-12)11-17-9-3-1-2-4-14(17)19/h5,15H,1-4,6-11H2,(H,16,18). The van der Waals surface area contributed by atoms with Crippen LogP contribution >= 0.6 is 0 Å². The number of nitrogens with one attached hydrogen (secondary N) is 2. The summed E-state index contributed by atoms with van der Waals surface area (Å²) in [5.74, 6) is 0.0726. The lowest BCUT2D eigenvalue weighted by atomic mass is 10.1. The van der Waals surface area contributed by atoms with E-state index >= 15 is 0 Å². The summed E-state index contributed by atoms with van der Waals surface area (Å²) < 4.78 is 0. The fourth-order valence-electron chi connectivity index (χ4n) is 2.48. The van der Waals surface area contributed by atoms with E-state index in [9.17, 15) is 9.59 Å². The van der Waals surface area contributed by atoms with Crippen molar-refractivity contribution in [1.29, 1.82) is 0 Å². The minimum Gasteiger partial charge on any atom is -0.351 e. The highest BCUT2D eigenvalue weighted by Gasteiger charge is 2.19. The summed E-state index contributed by atoms with van der Waals surface area (Å²) in [4.78, 5) is 25.3. The van der Waals surface area contributed by atoms with Crippen LogP contribution in [-0.4, -0.2) is 49.4 Å². The van der Waals surface area contributed by atoms with E-state index in [4.69, 9.17) is 0 Å². The van der Waals surface area contributed by atoms with Crippen LogP contribution in [0.2, 0.25) is 0 Å². The van der Waals surface area contributed by atoms with E-state index in [0.717, 1.165) is 45.3 Å². The molecule has 0 radical (unpaired) electrons. The van der Waals surface area contributed by atoms with Gasteiger partial charge in [0.15, 0.2) is 0 Å². The van der Waals surface area contributed by atoms with Gasteiger partial charge in [0.2, 0.25) is 11.8 Å². The second kappa shape index (κ2) is 7.28. The van der Waals surface area contributed by atoms with Crippen molar-refractivity contribution >= 4 is 11.8 Å². The molecule has 2 heterocycles. The van der Waals surface area contributed by atoms with Gasteiger partial charge in [-0.25, -0.2) is 0 Å².